The molecule has 0 saturated carbocycles. The van der Waals surface area contributed by atoms with Gasteiger partial charge in [-0.3, -0.25) is 0 Å². The van der Waals surface area contributed by atoms with Gasteiger partial charge in [-0.2, -0.15) is 0 Å². The standard InChI is InChI=1S/C18H21ClFN3O2/c1-23(2)17(12-5-4-6-14(9-12)25-3)11-21-18(24)22-13-7-8-15(19)16(20)10-13/h4-10,17H,11H2,1-3H3,(H2,21,22,24). The maximum Gasteiger partial charge on any atom is 0.319 e. The molecule has 2 rings (SSSR count). The smallest absolute Gasteiger partial charge is 0.319 e. The third-order valence-corrected chi connectivity index (χ3v) is 4.04. The van der Waals surface area contributed by atoms with E-state index in [9.17, 15) is 9.18 Å². The second-order valence-corrected chi connectivity index (χ2v) is 6.13. The zero-order chi connectivity index (χ0) is 18.4. The molecule has 2 amide bonds. The topological polar surface area (TPSA) is 53.6 Å². The van der Waals surface area contributed by atoms with E-state index in [1.165, 1.54) is 18.2 Å². The van der Waals surface area contributed by atoms with Gasteiger partial charge in [-0.1, -0.05) is 23.7 Å². The summed E-state index contributed by atoms with van der Waals surface area (Å²) in [4.78, 5) is 14.1. The highest BCUT2D eigenvalue weighted by Gasteiger charge is 2.16. The lowest BCUT2D eigenvalue weighted by Gasteiger charge is -2.25. The summed E-state index contributed by atoms with van der Waals surface area (Å²) < 4.78 is 18.7. The molecule has 25 heavy (non-hydrogen) atoms. The van der Waals surface area contributed by atoms with Gasteiger partial charge in [0.1, 0.15) is 11.6 Å². The van der Waals surface area contributed by atoms with Crippen molar-refractivity contribution in [2.75, 3.05) is 33.1 Å². The number of nitrogens with zero attached hydrogens (tertiary/aromatic N) is 1. The van der Waals surface area contributed by atoms with Gasteiger partial charge in [0.2, 0.25) is 0 Å². The summed E-state index contributed by atoms with van der Waals surface area (Å²) in [5, 5.41) is 5.39. The Morgan fingerprint density at radius 1 is 1.28 bits per heavy atom. The van der Waals surface area contributed by atoms with E-state index in [4.69, 9.17) is 16.3 Å². The van der Waals surface area contributed by atoms with Crippen molar-refractivity contribution < 1.29 is 13.9 Å². The van der Waals surface area contributed by atoms with E-state index in [1.54, 1.807) is 7.11 Å². The summed E-state index contributed by atoms with van der Waals surface area (Å²) in [7, 11) is 5.47. The molecular weight excluding hydrogens is 345 g/mol. The summed E-state index contributed by atoms with van der Waals surface area (Å²) in [6.07, 6.45) is 0. The van der Waals surface area contributed by atoms with Crippen molar-refractivity contribution in [3.63, 3.8) is 0 Å². The number of halogens is 2. The van der Waals surface area contributed by atoms with Gasteiger partial charge >= 0.3 is 6.03 Å². The second kappa shape index (κ2) is 8.69. The van der Waals surface area contributed by atoms with E-state index in [0.29, 0.717) is 12.2 Å². The van der Waals surface area contributed by atoms with Crippen molar-refractivity contribution in [1.29, 1.82) is 0 Å². The predicted octanol–water partition coefficient (Wildman–Crippen LogP) is 3.91. The van der Waals surface area contributed by atoms with Crippen LogP contribution in [0.4, 0.5) is 14.9 Å². The van der Waals surface area contributed by atoms with Gasteiger partial charge in [0.25, 0.3) is 0 Å². The van der Waals surface area contributed by atoms with Crippen LogP contribution in [0.2, 0.25) is 5.02 Å². The van der Waals surface area contributed by atoms with E-state index in [0.717, 1.165) is 11.3 Å². The van der Waals surface area contributed by atoms with Crippen molar-refractivity contribution in [3.05, 3.63) is 58.9 Å². The zero-order valence-electron chi connectivity index (χ0n) is 14.3. The van der Waals surface area contributed by atoms with Crippen LogP contribution in [0.15, 0.2) is 42.5 Å². The molecule has 0 saturated heterocycles. The van der Waals surface area contributed by atoms with E-state index >= 15 is 0 Å². The second-order valence-electron chi connectivity index (χ2n) is 5.72. The lowest BCUT2D eigenvalue weighted by molar-refractivity contribution is 0.243. The van der Waals surface area contributed by atoms with Crippen LogP contribution in [0.5, 0.6) is 5.75 Å². The van der Waals surface area contributed by atoms with Gasteiger partial charge < -0.3 is 20.3 Å². The number of rotatable bonds is 6. The molecule has 2 N–H and O–H groups in total. The molecule has 0 aliphatic rings. The fraction of sp³-hybridized carbons (Fsp3) is 0.278. The number of hydrogen-bond acceptors (Lipinski definition) is 3. The molecule has 0 radical (unpaired) electrons. The Kier molecular flexibility index (Phi) is 6.61. The molecule has 0 fully saturated rings. The largest absolute Gasteiger partial charge is 0.497 e. The SMILES string of the molecule is COc1cccc(C(CNC(=O)Nc2ccc(Cl)c(F)c2)N(C)C)c1. The number of methoxy groups -OCH3 is 1. The van der Waals surface area contributed by atoms with Gasteiger partial charge in [0.05, 0.1) is 18.2 Å². The number of ether oxygens (including phenoxy) is 1. The van der Waals surface area contributed by atoms with Crippen LogP contribution in [-0.2, 0) is 0 Å². The first-order valence-electron chi connectivity index (χ1n) is 7.71. The van der Waals surface area contributed by atoms with E-state index in [-0.39, 0.29) is 11.1 Å². The first-order valence-corrected chi connectivity index (χ1v) is 8.08. The van der Waals surface area contributed by atoms with Gasteiger partial charge in [0, 0.05) is 12.2 Å². The highest BCUT2D eigenvalue weighted by atomic mass is 35.5. The number of benzene rings is 2. The number of hydrogen-bond donors (Lipinski definition) is 2. The Labute approximate surface area is 151 Å². The lowest BCUT2D eigenvalue weighted by atomic mass is 10.1. The molecule has 2 aromatic rings. The van der Waals surface area contributed by atoms with E-state index in [1.807, 2.05) is 43.3 Å². The summed E-state index contributed by atoms with van der Waals surface area (Å²) in [6, 6.07) is 11.3. The van der Waals surface area contributed by atoms with Crippen LogP contribution in [-0.4, -0.2) is 38.7 Å². The highest BCUT2D eigenvalue weighted by Crippen LogP contribution is 2.22. The van der Waals surface area contributed by atoms with Crippen LogP contribution < -0.4 is 15.4 Å². The molecule has 2 aromatic carbocycles. The Morgan fingerprint density at radius 2 is 2.04 bits per heavy atom. The quantitative estimate of drug-likeness (QED) is 0.816. The third-order valence-electron chi connectivity index (χ3n) is 3.74. The average molecular weight is 366 g/mol. The fourth-order valence-electron chi connectivity index (χ4n) is 2.39. The van der Waals surface area contributed by atoms with Crippen molar-refractivity contribution in [2.45, 2.75) is 6.04 Å². The van der Waals surface area contributed by atoms with Gasteiger partial charge in [-0.15, -0.1) is 0 Å². The fourth-order valence-corrected chi connectivity index (χ4v) is 2.50. The molecule has 134 valence electrons. The van der Waals surface area contributed by atoms with Crippen LogP contribution in [0, 0.1) is 5.82 Å². The first-order chi connectivity index (χ1) is 11.9. The number of urea groups is 1. The molecule has 7 heteroatoms. The third kappa shape index (κ3) is 5.34. The molecule has 1 atom stereocenters. The van der Waals surface area contributed by atoms with Gasteiger partial charge in [0.15, 0.2) is 0 Å². The minimum absolute atomic E-state index is 0.0108. The zero-order valence-corrected chi connectivity index (χ0v) is 15.1. The number of likely N-dealkylation sites (N-methyl/N-ethyl adjacent to an activating group) is 1. The molecule has 0 aromatic heterocycles. The minimum atomic E-state index is -0.581. The monoisotopic (exact) mass is 365 g/mol. The molecule has 1 unspecified atom stereocenters. The summed E-state index contributed by atoms with van der Waals surface area (Å²) in [5.41, 5.74) is 1.35. The molecular formula is C18H21ClFN3O2. The first kappa shape index (κ1) is 19.0. The number of amides is 2. The van der Waals surface area contributed by atoms with Crippen molar-refractivity contribution >= 4 is 23.3 Å². The Morgan fingerprint density at radius 3 is 2.68 bits per heavy atom. The van der Waals surface area contributed by atoms with Gasteiger partial charge in [-0.25, -0.2) is 9.18 Å². The summed E-state index contributed by atoms with van der Waals surface area (Å²) in [6.45, 7) is 0.377. The minimum Gasteiger partial charge on any atom is -0.497 e. The molecule has 0 spiro atoms. The van der Waals surface area contributed by atoms with Crippen LogP contribution in [0.1, 0.15) is 11.6 Å². The van der Waals surface area contributed by atoms with Crippen molar-refractivity contribution in [3.8, 4) is 5.75 Å². The van der Waals surface area contributed by atoms with Crippen molar-refractivity contribution in [1.82, 2.24) is 10.2 Å². The number of carbonyl (C=O) groups excluding carboxylic acids is 1. The van der Waals surface area contributed by atoms with Crippen LogP contribution in [0.3, 0.4) is 0 Å². The molecule has 0 heterocycles. The Hall–Kier alpha value is -2.31. The van der Waals surface area contributed by atoms with E-state index < -0.39 is 11.8 Å². The Balaban J connectivity index is 2.00. The normalized spacial score (nSPS) is 11.9. The number of carbonyl (C=O) groups is 1. The molecule has 5 nitrogen and oxygen atoms in total. The van der Waals surface area contributed by atoms with Crippen molar-refractivity contribution in [2.24, 2.45) is 0 Å². The maximum atomic E-state index is 13.4. The number of anilines is 1. The molecule has 0 aliphatic carbocycles. The highest BCUT2D eigenvalue weighted by molar-refractivity contribution is 6.30. The predicted molar refractivity (Wildman–Crippen MR) is 97.9 cm³/mol. The van der Waals surface area contributed by atoms with E-state index in [2.05, 4.69) is 10.6 Å². The molecule has 0 bridgehead atoms. The maximum absolute atomic E-state index is 13.4. The Bertz CT molecular complexity index is 740. The van der Waals surface area contributed by atoms with Crippen LogP contribution in [0.25, 0.3) is 0 Å². The lowest BCUT2D eigenvalue weighted by Crippen LogP contribution is -2.36. The number of nitrogens with one attached hydrogen (secondary N) is 2. The van der Waals surface area contributed by atoms with Crippen LogP contribution >= 0.6 is 11.6 Å². The molecule has 0 aliphatic heterocycles. The summed E-state index contributed by atoms with van der Waals surface area (Å²) in [5.74, 6) is 0.174. The average Bonchev–Trinajstić information content (AvgIpc) is 2.58. The van der Waals surface area contributed by atoms with Gasteiger partial charge in [-0.05, 0) is 50.0 Å². The summed E-state index contributed by atoms with van der Waals surface area (Å²) >= 11 is 5.63.